The molecule has 5 nitrogen and oxygen atoms in total. The van der Waals surface area contributed by atoms with Crippen LogP contribution >= 0.6 is 0 Å². The summed E-state index contributed by atoms with van der Waals surface area (Å²) in [6.07, 6.45) is 0.167. The van der Waals surface area contributed by atoms with Gasteiger partial charge >= 0.3 is 6.03 Å². The number of urea groups is 1. The molecule has 1 saturated heterocycles. The molecule has 1 aliphatic heterocycles. The Morgan fingerprint density at radius 1 is 1.29 bits per heavy atom. The van der Waals surface area contributed by atoms with Gasteiger partial charge in [-0.1, -0.05) is 24.3 Å². The molecule has 2 atom stereocenters. The van der Waals surface area contributed by atoms with Gasteiger partial charge in [0, 0.05) is 26.7 Å². The van der Waals surface area contributed by atoms with E-state index in [2.05, 4.69) is 5.32 Å². The molecule has 1 N–H and O–H groups in total. The summed E-state index contributed by atoms with van der Waals surface area (Å²) in [5, 5.41) is 2.98. The average Bonchev–Trinajstić information content (AvgIpc) is 2.45. The Labute approximate surface area is 126 Å². The molecule has 0 aliphatic carbocycles. The predicted molar refractivity (Wildman–Crippen MR) is 81.0 cm³/mol. The molecule has 1 heterocycles. The van der Waals surface area contributed by atoms with Crippen molar-refractivity contribution < 1.29 is 14.3 Å². The van der Waals surface area contributed by atoms with Crippen LogP contribution in [0.1, 0.15) is 25.0 Å². The SMILES string of the molecule is COCc1ccccc1CNC(=O)N1CC(C)OC(C)C1. The summed E-state index contributed by atoms with van der Waals surface area (Å²) in [7, 11) is 1.67. The molecule has 0 radical (unpaired) electrons. The van der Waals surface area contributed by atoms with E-state index in [-0.39, 0.29) is 18.2 Å². The summed E-state index contributed by atoms with van der Waals surface area (Å²) in [4.78, 5) is 14.1. The van der Waals surface area contributed by atoms with Crippen LogP contribution in [0, 0.1) is 0 Å². The van der Waals surface area contributed by atoms with Gasteiger partial charge < -0.3 is 19.7 Å². The number of hydrogen-bond donors (Lipinski definition) is 1. The molecule has 116 valence electrons. The topological polar surface area (TPSA) is 50.8 Å². The van der Waals surface area contributed by atoms with Gasteiger partial charge in [0.2, 0.25) is 0 Å². The molecule has 0 aromatic heterocycles. The summed E-state index contributed by atoms with van der Waals surface area (Å²) in [5.41, 5.74) is 2.19. The molecule has 0 saturated carbocycles. The monoisotopic (exact) mass is 292 g/mol. The summed E-state index contributed by atoms with van der Waals surface area (Å²) >= 11 is 0. The summed E-state index contributed by atoms with van der Waals surface area (Å²) < 4.78 is 10.8. The Morgan fingerprint density at radius 3 is 2.52 bits per heavy atom. The second-order valence-electron chi connectivity index (χ2n) is 5.52. The maximum absolute atomic E-state index is 12.3. The lowest BCUT2D eigenvalue weighted by molar-refractivity contribution is -0.0545. The van der Waals surface area contributed by atoms with E-state index in [1.165, 1.54) is 0 Å². The van der Waals surface area contributed by atoms with Crippen LogP contribution in [0.25, 0.3) is 0 Å². The van der Waals surface area contributed by atoms with Crippen molar-refractivity contribution in [3.05, 3.63) is 35.4 Å². The largest absolute Gasteiger partial charge is 0.380 e. The summed E-state index contributed by atoms with van der Waals surface area (Å²) in [5.74, 6) is 0. The first kappa shape index (κ1) is 15.8. The van der Waals surface area contributed by atoms with Crippen LogP contribution in [-0.4, -0.2) is 43.3 Å². The molecular formula is C16H24N2O3. The molecule has 0 bridgehead atoms. The number of hydrogen-bond acceptors (Lipinski definition) is 3. The van der Waals surface area contributed by atoms with Crippen molar-refractivity contribution in [2.75, 3.05) is 20.2 Å². The van der Waals surface area contributed by atoms with E-state index < -0.39 is 0 Å². The second-order valence-corrected chi connectivity index (χ2v) is 5.52. The van der Waals surface area contributed by atoms with Gasteiger partial charge in [0.05, 0.1) is 18.8 Å². The minimum absolute atomic E-state index is 0.0378. The zero-order chi connectivity index (χ0) is 15.2. The van der Waals surface area contributed by atoms with Gasteiger partial charge in [-0.15, -0.1) is 0 Å². The van der Waals surface area contributed by atoms with Crippen LogP contribution in [0.4, 0.5) is 4.79 Å². The number of nitrogens with one attached hydrogen (secondary N) is 1. The molecule has 2 amide bonds. The third-order valence-electron chi connectivity index (χ3n) is 3.56. The number of amides is 2. The number of carbonyl (C=O) groups excluding carboxylic acids is 1. The first-order valence-electron chi connectivity index (χ1n) is 7.34. The van der Waals surface area contributed by atoms with Gasteiger partial charge in [0.25, 0.3) is 0 Å². The minimum atomic E-state index is -0.0378. The van der Waals surface area contributed by atoms with Crippen molar-refractivity contribution in [1.29, 1.82) is 0 Å². The summed E-state index contributed by atoms with van der Waals surface area (Å²) in [6.45, 7) is 6.32. The van der Waals surface area contributed by atoms with Crippen LogP contribution in [0.3, 0.4) is 0 Å². The third-order valence-corrected chi connectivity index (χ3v) is 3.56. The van der Waals surface area contributed by atoms with Gasteiger partial charge in [-0.3, -0.25) is 0 Å². The predicted octanol–water partition coefficient (Wildman–Crippen LogP) is 2.15. The van der Waals surface area contributed by atoms with Crippen molar-refractivity contribution in [3.8, 4) is 0 Å². The van der Waals surface area contributed by atoms with E-state index in [1.54, 1.807) is 7.11 Å². The summed E-state index contributed by atoms with van der Waals surface area (Å²) in [6, 6.07) is 7.94. The van der Waals surface area contributed by atoms with Gasteiger partial charge in [0.15, 0.2) is 0 Å². The van der Waals surface area contributed by atoms with Crippen LogP contribution in [0.2, 0.25) is 0 Å². The Balaban J connectivity index is 1.92. The Kier molecular flexibility index (Phi) is 5.59. The molecule has 21 heavy (non-hydrogen) atoms. The fourth-order valence-electron chi connectivity index (χ4n) is 2.65. The Morgan fingerprint density at radius 2 is 1.90 bits per heavy atom. The standard InChI is InChI=1S/C16H24N2O3/c1-12-9-18(10-13(2)21-12)16(19)17-8-14-6-4-5-7-15(14)11-20-3/h4-7,12-13H,8-11H2,1-3H3,(H,17,19). The number of methoxy groups -OCH3 is 1. The first-order valence-corrected chi connectivity index (χ1v) is 7.34. The highest BCUT2D eigenvalue weighted by atomic mass is 16.5. The molecule has 1 aliphatic rings. The van der Waals surface area contributed by atoms with E-state index in [9.17, 15) is 4.79 Å². The fourth-order valence-corrected chi connectivity index (χ4v) is 2.65. The van der Waals surface area contributed by atoms with E-state index in [0.29, 0.717) is 26.2 Å². The number of carbonyl (C=O) groups is 1. The van der Waals surface area contributed by atoms with Crippen molar-refractivity contribution in [2.45, 2.75) is 39.2 Å². The van der Waals surface area contributed by atoms with E-state index >= 15 is 0 Å². The lowest BCUT2D eigenvalue weighted by atomic mass is 10.1. The lowest BCUT2D eigenvalue weighted by Crippen LogP contribution is -2.51. The van der Waals surface area contributed by atoms with Crippen molar-refractivity contribution in [1.82, 2.24) is 10.2 Å². The van der Waals surface area contributed by atoms with Gasteiger partial charge in [-0.25, -0.2) is 4.79 Å². The van der Waals surface area contributed by atoms with Crippen molar-refractivity contribution in [2.24, 2.45) is 0 Å². The normalized spacial score (nSPS) is 22.1. The van der Waals surface area contributed by atoms with Crippen LogP contribution < -0.4 is 5.32 Å². The maximum atomic E-state index is 12.3. The molecule has 2 rings (SSSR count). The van der Waals surface area contributed by atoms with Crippen LogP contribution in [0.5, 0.6) is 0 Å². The molecule has 2 unspecified atom stereocenters. The third kappa shape index (κ3) is 4.44. The van der Waals surface area contributed by atoms with Crippen LogP contribution in [-0.2, 0) is 22.6 Å². The van der Waals surface area contributed by atoms with E-state index in [0.717, 1.165) is 11.1 Å². The Bertz CT molecular complexity index is 468. The molecule has 1 aromatic rings. The van der Waals surface area contributed by atoms with E-state index in [4.69, 9.17) is 9.47 Å². The van der Waals surface area contributed by atoms with Crippen molar-refractivity contribution in [3.63, 3.8) is 0 Å². The highest BCUT2D eigenvalue weighted by Crippen LogP contribution is 2.12. The van der Waals surface area contributed by atoms with Crippen LogP contribution in [0.15, 0.2) is 24.3 Å². The molecule has 5 heteroatoms. The molecule has 1 aromatic carbocycles. The fraction of sp³-hybridized carbons (Fsp3) is 0.562. The highest BCUT2D eigenvalue weighted by Gasteiger charge is 2.25. The molecule has 1 fully saturated rings. The smallest absolute Gasteiger partial charge is 0.317 e. The van der Waals surface area contributed by atoms with Gasteiger partial charge in [-0.05, 0) is 25.0 Å². The first-order chi connectivity index (χ1) is 10.1. The Hall–Kier alpha value is -1.59. The zero-order valence-electron chi connectivity index (χ0n) is 13.0. The van der Waals surface area contributed by atoms with Crippen molar-refractivity contribution >= 4 is 6.03 Å². The minimum Gasteiger partial charge on any atom is -0.380 e. The van der Waals surface area contributed by atoms with Gasteiger partial charge in [0.1, 0.15) is 0 Å². The highest BCUT2D eigenvalue weighted by molar-refractivity contribution is 5.74. The maximum Gasteiger partial charge on any atom is 0.317 e. The zero-order valence-corrected chi connectivity index (χ0v) is 13.0. The lowest BCUT2D eigenvalue weighted by Gasteiger charge is -2.35. The van der Waals surface area contributed by atoms with E-state index in [1.807, 2.05) is 43.0 Å². The average molecular weight is 292 g/mol. The number of ether oxygens (including phenoxy) is 2. The number of benzene rings is 1. The van der Waals surface area contributed by atoms with Gasteiger partial charge in [-0.2, -0.15) is 0 Å². The number of nitrogens with zero attached hydrogens (tertiary/aromatic N) is 1. The number of rotatable bonds is 4. The number of morpholine rings is 1. The molecule has 0 spiro atoms. The quantitative estimate of drug-likeness (QED) is 0.925. The molecular weight excluding hydrogens is 268 g/mol. The second kappa shape index (κ2) is 7.43.